The lowest BCUT2D eigenvalue weighted by Gasteiger charge is -2.36. The van der Waals surface area contributed by atoms with Crippen molar-refractivity contribution in [1.82, 2.24) is 9.97 Å². The molecule has 0 aromatic carbocycles. The van der Waals surface area contributed by atoms with Crippen LogP contribution in [0, 0.1) is 0 Å². The van der Waals surface area contributed by atoms with Crippen molar-refractivity contribution >= 4 is 11.6 Å². The molecule has 106 valence electrons. The second kappa shape index (κ2) is 6.22. The van der Waals surface area contributed by atoms with Crippen LogP contribution in [0.2, 0.25) is 0 Å². The van der Waals surface area contributed by atoms with Gasteiger partial charge in [0.2, 0.25) is 0 Å². The van der Waals surface area contributed by atoms with Crippen molar-refractivity contribution in [2.75, 3.05) is 23.3 Å². The lowest BCUT2D eigenvalue weighted by Crippen LogP contribution is -2.39. The first-order valence-electron chi connectivity index (χ1n) is 7.50. The predicted molar refractivity (Wildman–Crippen MR) is 80.9 cm³/mol. The first kappa shape index (κ1) is 14.1. The van der Waals surface area contributed by atoms with Gasteiger partial charge in [0.1, 0.15) is 18.0 Å². The Balaban J connectivity index is 2.40. The summed E-state index contributed by atoms with van der Waals surface area (Å²) in [6.07, 6.45) is 5.56. The minimum absolute atomic E-state index is 0.430. The number of rotatable bonds is 4. The molecule has 0 radical (unpaired) electrons. The maximum atomic E-state index is 4.59. The highest BCUT2D eigenvalue weighted by Crippen LogP contribution is 2.33. The van der Waals surface area contributed by atoms with Crippen LogP contribution in [0.25, 0.3) is 0 Å². The number of hydrogen-bond acceptors (Lipinski definition) is 4. The number of piperidine rings is 1. The van der Waals surface area contributed by atoms with Gasteiger partial charge in [-0.25, -0.2) is 9.97 Å². The third-order valence-electron chi connectivity index (χ3n) is 3.86. The number of aromatic nitrogens is 2. The zero-order valence-electron chi connectivity index (χ0n) is 12.6. The van der Waals surface area contributed by atoms with Gasteiger partial charge in [0.05, 0.1) is 0 Å². The monoisotopic (exact) mass is 262 g/mol. The predicted octanol–water partition coefficient (Wildman–Crippen LogP) is 3.41. The Labute approximate surface area is 116 Å². The molecule has 0 spiro atoms. The Morgan fingerprint density at radius 3 is 2.79 bits per heavy atom. The molecule has 1 aliphatic heterocycles. The Kier molecular flexibility index (Phi) is 4.61. The lowest BCUT2D eigenvalue weighted by atomic mass is 9.99. The van der Waals surface area contributed by atoms with E-state index in [0.29, 0.717) is 12.0 Å². The Bertz CT molecular complexity index is 417. The number of anilines is 2. The van der Waals surface area contributed by atoms with Crippen molar-refractivity contribution < 1.29 is 0 Å². The number of nitrogens with one attached hydrogen (secondary N) is 1. The highest BCUT2D eigenvalue weighted by atomic mass is 15.2. The van der Waals surface area contributed by atoms with Crippen LogP contribution in [-0.2, 0) is 0 Å². The summed E-state index contributed by atoms with van der Waals surface area (Å²) in [6, 6.07) is 0.579. The minimum Gasteiger partial charge on any atom is -0.370 e. The van der Waals surface area contributed by atoms with Crippen LogP contribution in [0.4, 0.5) is 11.6 Å². The van der Waals surface area contributed by atoms with Crippen LogP contribution < -0.4 is 10.2 Å². The van der Waals surface area contributed by atoms with E-state index in [1.54, 1.807) is 6.33 Å². The summed E-state index contributed by atoms with van der Waals surface area (Å²) in [7, 11) is 0. The molecule has 1 atom stereocenters. The summed E-state index contributed by atoms with van der Waals surface area (Å²) in [5.41, 5.74) is 1.26. The molecule has 1 unspecified atom stereocenters. The molecule has 0 saturated carbocycles. The molecule has 0 bridgehead atoms. The van der Waals surface area contributed by atoms with Gasteiger partial charge < -0.3 is 10.2 Å². The Hall–Kier alpha value is -1.32. The molecular weight excluding hydrogens is 236 g/mol. The van der Waals surface area contributed by atoms with Gasteiger partial charge in [-0.2, -0.15) is 0 Å². The van der Waals surface area contributed by atoms with E-state index in [1.165, 1.54) is 24.8 Å². The van der Waals surface area contributed by atoms with Gasteiger partial charge in [0.15, 0.2) is 0 Å². The quantitative estimate of drug-likeness (QED) is 0.903. The normalized spacial score (nSPS) is 19.8. The first-order chi connectivity index (χ1) is 9.15. The lowest BCUT2D eigenvalue weighted by molar-refractivity contribution is 0.479. The molecule has 1 fully saturated rings. The van der Waals surface area contributed by atoms with Crippen molar-refractivity contribution in [2.24, 2.45) is 0 Å². The van der Waals surface area contributed by atoms with E-state index in [1.807, 2.05) is 0 Å². The standard InChI is InChI=1S/C15H26N4/c1-5-16-14-13(11(2)3)15(18-10-17-14)19-9-7-6-8-12(19)4/h10-12H,5-9H2,1-4H3,(H,16,17,18). The van der Waals surface area contributed by atoms with E-state index in [-0.39, 0.29) is 0 Å². The largest absolute Gasteiger partial charge is 0.370 e. The van der Waals surface area contributed by atoms with Crippen LogP contribution >= 0.6 is 0 Å². The SMILES string of the molecule is CCNc1ncnc(N2CCCCC2C)c1C(C)C. The Morgan fingerprint density at radius 2 is 2.16 bits per heavy atom. The highest BCUT2D eigenvalue weighted by Gasteiger charge is 2.25. The van der Waals surface area contributed by atoms with Crippen molar-refractivity contribution in [3.05, 3.63) is 11.9 Å². The third-order valence-corrected chi connectivity index (χ3v) is 3.86. The van der Waals surface area contributed by atoms with Crippen molar-refractivity contribution in [1.29, 1.82) is 0 Å². The molecule has 1 saturated heterocycles. The molecule has 2 heterocycles. The third kappa shape index (κ3) is 2.99. The maximum Gasteiger partial charge on any atom is 0.137 e. The second-order valence-corrected chi connectivity index (χ2v) is 5.68. The van der Waals surface area contributed by atoms with E-state index in [0.717, 1.165) is 24.7 Å². The first-order valence-corrected chi connectivity index (χ1v) is 7.50. The maximum absolute atomic E-state index is 4.59. The van der Waals surface area contributed by atoms with E-state index in [4.69, 9.17) is 0 Å². The van der Waals surface area contributed by atoms with Crippen LogP contribution in [0.1, 0.15) is 58.4 Å². The van der Waals surface area contributed by atoms with Gasteiger partial charge >= 0.3 is 0 Å². The van der Waals surface area contributed by atoms with Crippen molar-refractivity contribution in [3.8, 4) is 0 Å². The van der Waals surface area contributed by atoms with E-state index in [9.17, 15) is 0 Å². The van der Waals surface area contributed by atoms with Crippen LogP contribution in [0.3, 0.4) is 0 Å². The van der Waals surface area contributed by atoms with Gasteiger partial charge in [-0.15, -0.1) is 0 Å². The highest BCUT2D eigenvalue weighted by molar-refractivity contribution is 5.60. The van der Waals surface area contributed by atoms with Gasteiger partial charge in [0.25, 0.3) is 0 Å². The van der Waals surface area contributed by atoms with E-state index >= 15 is 0 Å². The van der Waals surface area contributed by atoms with Gasteiger partial charge in [-0.1, -0.05) is 13.8 Å². The summed E-state index contributed by atoms with van der Waals surface area (Å²) in [5, 5.41) is 3.37. The van der Waals surface area contributed by atoms with E-state index in [2.05, 4.69) is 47.9 Å². The molecule has 0 aliphatic carbocycles. The Morgan fingerprint density at radius 1 is 1.37 bits per heavy atom. The number of hydrogen-bond donors (Lipinski definition) is 1. The fraction of sp³-hybridized carbons (Fsp3) is 0.733. The molecule has 19 heavy (non-hydrogen) atoms. The molecular formula is C15H26N4. The average Bonchev–Trinajstić information content (AvgIpc) is 2.39. The summed E-state index contributed by atoms with van der Waals surface area (Å²) >= 11 is 0. The topological polar surface area (TPSA) is 41.1 Å². The van der Waals surface area contributed by atoms with E-state index < -0.39 is 0 Å². The average molecular weight is 262 g/mol. The van der Waals surface area contributed by atoms with Crippen molar-refractivity contribution in [2.45, 2.75) is 58.9 Å². The number of nitrogens with zero attached hydrogens (tertiary/aromatic N) is 3. The summed E-state index contributed by atoms with van der Waals surface area (Å²) in [4.78, 5) is 11.5. The zero-order valence-corrected chi connectivity index (χ0v) is 12.6. The molecule has 4 heteroatoms. The summed E-state index contributed by atoms with van der Waals surface area (Å²) in [6.45, 7) is 10.9. The smallest absolute Gasteiger partial charge is 0.137 e. The molecule has 1 aliphatic rings. The zero-order chi connectivity index (χ0) is 13.8. The van der Waals surface area contributed by atoms with Crippen LogP contribution in [0.5, 0.6) is 0 Å². The molecule has 1 aromatic heterocycles. The van der Waals surface area contributed by atoms with Crippen molar-refractivity contribution in [3.63, 3.8) is 0 Å². The molecule has 2 rings (SSSR count). The van der Waals surface area contributed by atoms with Gasteiger partial charge in [-0.3, -0.25) is 0 Å². The molecule has 4 nitrogen and oxygen atoms in total. The minimum atomic E-state index is 0.430. The van der Waals surface area contributed by atoms with Crippen LogP contribution in [0.15, 0.2) is 6.33 Å². The second-order valence-electron chi connectivity index (χ2n) is 5.68. The summed E-state index contributed by atoms with van der Waals surface area (Å²) < 4.78 is 0. The van der Waals surface area contributed by atoms with Gasteiger partial charge in [-0.05, 0) is 39.0 Å². The summed E-state index contributed by atoms with van der Waals surface area (Å²) in [5.74, 6) is 2.56. The van der Waals surface area contributed by atoms with Gasteiger partial charge in [0, 0.05) is 24.7 Å². The molecule has 1 N–H and O–H groups in total. The molecule has 0 amide bonds. The fourth-order valence-corrected chi connectivity index (χ4v) is 2.87. The van der Waals surface area contributed by atoms with Crippen LogP contribution in [-0.4, -0.2) is 29.1 Å². The molecule has 1 aromatic rings. The fourth-order valence-electron chi connectivity index (χ4n) is 2.87.